The first kappa shape index (κ1) is 20.8. The van der Waals surface area contributed by atoms with Crippen LogP contribution in [0, 0.1) is 5.92 Å². The fraction of sp³-hybridized carbons (Fsp3) is 0.320. The molecule has 0 radical (unpaired) electrons. The Labute approximate surface area is 183 Å². The van der Waals surface area contributed by atoms with Gasteiger partial charge in [-0.1, -0.05) is 49.4 Å². The van der Waals surface area contributed by atoms with Gasteiger partial charge in [-0.25, -0.2) is 0 Å². The molecule has 160 valence electrons. The van der Waals surface area contributed by atoms with Gasteiger partial charge in [-0.15, -0.1) is 0 Å². The third-order valence-corrected chi connectivity index (χ3v) is 5.80. The molecule has 4 rings (SSSR count). The zero-order chi connectivity index (χ0) is 21.8. The Morgan fingerprint density at radius 1 is 1.06 bits per heavy atom. The van der Waals surface area contributed by atoms with E-state index >= 15 is 0 Å². The highest BCUT2D eigenvalue weighted by Crippen LogP contribution is 2.27. The van der Waals surface area contributed by atoms with Gasteiger partial charge in [0.2, 0.25) is 11.8 Å². The summed E-state index contributed by atoms with van der Waals surface area (Å²) in [6.45, 7) is 3.71. The van der Waals surface area contributed by atoms with Gasteiger partial charge < -0.3 is 9.80 Å². The number of aryl methyl sites for hydroxylation is 1. The van der Waals surface area contributed by atoms with Crippen LogP contribution in [0.1, 0.15) is 30.0 Å². The quantitative estimate of drug-likeness (QED) is 0.592. The molecule has 1 aliphatic heterocycles. The predicted molar refractivity (Wildman–Crippen MR) is 121 cm³/mol. The standard InChI is InChI=1S/C25H28N4O2/c1-3-19-9-11-23(12-10-19)29-18-22(13-24(29)30)25(31)27(2)15-21-14-26-28(17-21)16-20-7-5-4-6-8-20/h4-12,14,17,22H,3,13,15-16,18H2,1-2H3. The molecule has 0 spiro atoms. The maximum Gasteiger partial charge on any atom is 0.228 e. The first-order chi connectivity index (χ1) is 15.0. The zero-order valence-corrected chi connectivity index (χ0v) is 18.1. The van der Waals surface area contributed by atoms with E-state index in [1.807, 2.05) is 53.3 Å². The molecular weight excluding hydrogens is 388 g/mol. The third kappa shape index (κ3) is 4.85. The number of rotatable bonds is 7. The Bertz CT molecular complexity index is 1040. The van der Waals surface area contributed by atoms with E-state index in [1.54, 1.807) is 23.0 Å². The van der Waals surface area contributed by atoms with Crippen molar-refractivity contribution in [1.82, 2.24) is 14.7 Å². The molecule has 0 aliphatic carbocycles. The molecule has 0 bridgehead atoms. The molecule has 2 heterocycles. The van der Waals surface area contributed by atoms with E-state index in [1.165, 1.54) is 11.1 Å². The normalized spacial score (nSPS) is 16.0. The molecule has 3 aromatic rings. The smallest absolute Gasteiger partial charge is 0.228 e. The highest BCUT2D eigenvalue weighted by atomic mass is 16.2. The van der Waals surface area contributed by atoms with Crippen molar-refractivity contribution in [3.63, 3.8) is 0 Å². The summed E-state index contributed by atoms with van der Waals surface area (Å²) in [7, 11) is 1.79. The Kier molecular flexibility index (Phi) is 6.16. The minimum atomic E-state index is -0.317. The monoisotopic (exact) mass is 416 g/mol. The summed E-state index contributed by atoms with van der Waals surface area (Å²) in [5, 5.41) is 4.42. The van der Waals surface area contributed by atoms with Crippen molar-refractivity contribution in [2.24, 2.45) is 5.92 Å². The average Bonchev–Trinajstić information content (AvgIpc) is 3.40. The van der Waals surface area contributed by atoms with Crippen molar-refractivity contribution < 1.29 is 9.59 Å². The molecule has 1 atom stereocenters. The van der Waals surface area contributed by atoms with Gasteiger partial charge in [0.15, 0.2) is 0 Å². The predicted octanol–water partition coefficient (Wildman–Crippen LogP) is 3.51. The summed E-state index contributed by atoms with van der Waals surface area (Å²) in [5.41, 5.74) is 4.25. The summed E-state index contributed by atoms with van der Waals surface area (Å²) >= 11 is 0. The highest BCUT2D eigenvalue weighted by molar-refractivity contribution is 6.00. The van der Waals surface area contributed by atoms with Crippen molar-refractivity contribution in [1.29, 1.82) is 0 Å². The molecule has 1 aliphatic rings. The molecule has 1 unspecified atom stereocenters. The summed E-state index contributed by atoms with van der Waals surface area (Å²) in [5.74, 6) is -0.314. The summed E-state index contributed by atoms with van der Waals surface area (Å²) < 4.78 is 1.88. The van der Waals surface area contributed by atoms with Gasteiger partial charge in [0, 0.05) is 44.0 Å². The van der Waals surface area contributed by atoms with Crippen LogP contribution in [0.2, 0.25) is 0 Å². The molecule has 6 heteroatoms. The van der Waals surface area contributed by atoms with Crippen LogP contribution in [0.15, 0.2) is 67.0 Å². The third-order valence-electron chi connectivity index (χ3n) is 5.80. The maximum absolute atomic E-state index is 13.0. The number of carbonyl (C=O) groups is 2. The van der Waals surface area contributed by atoms with Gasteiger partial charge in [-0.2, -0.15) is 5.10 Å². The fourth-order valence-electron chi connectivity index (χ4n) is 4.04. The first-order valence-corrected chi connectivity index (χ1v) is 10.7. The minimum Gasteiger partial charge on any atom is -0.341 e. The average molecular weight is 417 g/mol. The number of amides is 2. The SMILES string of the molecule is CCc1ccc(N2CC(C(=O)N(C)Cc3cnn(Cc4ccccc4)c3)CC2=O)cc1. The van der Waals surface area contributed by atoms with Crippen molar-refractivity contribution in [3.8, 4) is 0 Å². The second kappa shape index (κ2) is 9.16. The highest BCUT2D eigenvalue weighted by Gasteiger charge is 2.36. The Morgan fingerprint density at radius 2 is 1.81 bits per heavy atom. The van der Waals surface area contributed by atoms with E-state index in [0.717, 1.165) is 17.7 Å². The van der Waals surface area contributed by atoms with E-state index in [4.69, 9.17) is 0 Å². The number of hydrogen-bond donors (Lipinski definition) is 0. The molecular formula is C25H28N4O2. The molecule has 0 N–H and O–H groups in total. The largest absolute Gasteiger partial charge is 0.341 e. The van der Waals surface area contributed by atoms with Crippen LogP contribution in [0.3, 0.4) is 0 Å². The fourth-order valence-corrected chi connectivity index (χ4v) is 4.04. The van der Waals surface area contributed by atoms with Crippen molar-refractivity contribution in [3.05, 3.63) is 83.7 Å². The van der Waals surface area contributed by atoms with E-state index in [-0.39, 0.29) is 24.2 Å². The van der Waals surface area contributed by atoms with Gasteiger partial charge in [0.05, 0.1) is 18.7 Å². The molecule has 1 aromatic heterocycles. The number of nitrogens with zero attached hydrogens (tertiary/aromatic N) is 4. The number of hydrogen-bond acceptors (Lipinski definition) is 3. The number of anilines is 1. The topological polar surface area (TPSA) is 58.4 Å². The van der Waals surface area contributed by atoms with Crippen LogP contribution in [-0.2, 0) is 29.1 Å². The van der Waals surface area contributed by atoms with E-state index in [9.17, 15) is 9.59 Å². The van der Waals surface area contributed by atoms with Gasteiger partial charge >= 0.3 is 0 Å². The number of benzene rings is 2. The van der Waals surface area contributed by atoms with E-state index in [0.29, 0.717) is 19.6 Å². The summed E-state index contributed by atoms with van der Waals surface area (Å²) in [6.07, 6.45) is 4.99. The number of aromatic nitrogens is 2. The summed E-state index contributed by atoms with van der Waals surface area (Å²) in [6, 6.07) is 18.2. The molecule has 2 aromatic carbocycles. The lowest BCUT2D eigenvalue weighted by molar-refractivity contribution is -0.135. The number of carbonyl (C=O) groups excluding carboxylic acids is 2. The van der Waals surface area contributed by atoms with Gasteiger partial charge in [0.25, 0.3) is 0 Å². The van der Waals surface area contributed by atoms with Crippen LogP contribution in [-0.4, -0.2) is 40.1 Å². The van der Waals surface area contributed by atoms with E-state index < -0.39 is 0 Å². The Morgan fingerprint density at radius 3 is 2.52 bits per heavy atom. The van der Waals surface area contributed by atoms with Crippen molar-refractivity contribution in [2.45, 2.75) is 32.9 Å². The molecule has 0 saturated carbocycles. The molecule has 1 saturated heterocycles. The van der Waals surface area contributed by atoms with E-state index in [2.05, 4.69) is 24.2 Å². The molecule has 6 nitrogen and oxygen atoms in total. The van der Waals surface area contributed by atoms with Crippen LogP contribution >= 0.6 is 0 Å². The lowest BCUT2D eigenvalue weighted by Crippen LogP contribution is -2.34. The van der Waals surface area contributed by atoms with Crippen molar-refractivity contribution >= 4 is 17.5 Å². The van der Waals surface area contributed by atoms with Gasteiger partial charge in [-0.3, -0.25) is 14.3 Å². The lowest BCUT2D eigenvalue weighted by Gasteiger charge is -2.21. The minimum absolute atomic E-state index is 0.00293. The van der Waals surface area contributed by atoms with Crippen LogP contribution in [0.4, 0.5) is 5.69 Å². The van der Waals surface area contributed by atoms with Crippen LogP contribution in [0.5, 0.6) is 0 Å². The second-order valence-corrected chi connectivity index (χ2v) is 8.15. The zero-order valence-electron chi connectivity index (χ0n) is 18.1. The van der Waals surface area contributed by atoms with Crippen LogP contribution in [0.25, 0.3) is 0 Å². The molecule has 1 fully saturated rings. The second-order valence-electron chi connectivity index (χ2n) is 8.15. The van der Waals surface area contributed by atoms with Crippen molar-refractivity contribution in [2.75, 3.05) is 18.5 Å². The van der Waals surface area contributed by atoms with Gasteiger partial charge in [-0.05, 0) is 29.7 Å². The first-order valence-electron chi connectivity index (χ1n) is 10.7. The molecule has 2 amide bonds. The maximum atomic E-state index is 13.0. The Balaban J connectivity index is 1.35. The van der Waals surface area contributed by atoms with Gasteiger partial charge in [0.1, 0.15) is 0 Å². The lowest BCUT2D eigenvalue weighted by atomic mass is 10.1. The van der Waals surface area contributed by atoms with Crippen LogP contribution < -0.4 is 4.90 Å². The summed E-state index contributed by atoms with van der Waals surface area (Å²) in [4.78, 5) is 29.0. The molecule has 31 heavy (non-hydrogen) atoms. The Hall–Kier alpha value is -3.41.